The van der Waals surface area contributed by atoms with Crippen LogP contribution in [0.5, 0.6) is 0 Å². The molecule has 1 heterocycles. The molecule has 0 bridgehead atoms. The van der Waals surface area contributed by atoms with E-state index in [2.05, 4.69) is 10.5 Å². The summed E-state index contributed by atoms with van der Waals surface area (Å²) in [4.78, 5) is 12.4. The highest BCUT2D eigenvalue weighted by molar-refractivity contribution is 6.33. The van der Waals surface area contributed by atoms with E-state index in [4.69, 9.17) is 25.6 Å². The third kappa shape index (κ3) is 3.47. The Morgan fingerprint density at radius 2 is 2.05 bits per heavy atom. The first-order chi connectivity index (χ1) is 10.6. The van der Waals surface area contributed by atoms with E-state index in [0.29, 0.717) is 27.6 Å². The van der Waals surface area contributed by atoms with Crippen molar-refractivity contribution >= 4 is 17.5 Å². The van der Waals surface area contributed by atoms with Gasteiger partial charge in [-0.2, -0.15) is 0 Å². The molecule has 1 aromatic heterocycles. The molecule has 1 N–H and O–H groups in total. The van der Waals surface area contributed by atoms with Crippen LogP contribution in [0, 0.1) is 6.92 Å². The van der Waals surface area contributed by atoms with Crippen molar-refractivity contribution in [2.75, 3.05) is 20.8 Å². The first-order valence-corrected chi connectivity index (χ1v) is 7.01. The monoisotopic (exact) mass is 324 g/mol. The molecule has 0 aliphatic heterocycles. The van der Waals surface area contributed by atoms with Crippen LogP contribution in [0.4, 0.5) is 0 Å². The van der Waals surface area contributed by atoms with E-state index in [-0.39, 0.29) is 12.5 Å². The fourth-order valence-corrected chi connectivity index (χ4v) is 2.23. The lowest BCUT2D eigenvalue weighted by Crippen LogP contribution is -2.34. The summed E-state index contributed by atoms with van der Waals surface area (Å²) in [5.74, 6) is 0.0894. The molecule has 0 aliphatic carbocycles. The van der Waals surface area contributed by atoms with Crippen molar-refractivity contribution < 1.29 is 18.8 Å². The van der Waals surface area contributed by atoms with Gasteiger partial charge in [-0.05, 0) is 13.0 Å². The van der Waals surface area contributed by atoms with E-state index >= 15 is 0 Å². The molecule has 7 heteroatoms. The normalized spacial score (nSPS) is 11.0. The van der Waals surface area contributed by atoms with Crippen molar-refractivity contribution in [2.24, 2.45) is 0 Å². The number of nitrogens with one attached hydrogen (secondary N) is 1. The van der Waals surface area contributed by atoms with Gasteiger partial charge in [0.15, 0.2) is 6.29 Å². The number of hydrogen-bond donors (Lipinski definition) is 1. The molecule has 0 unspecified atom stereocenters. The minimum atomic E-state index is -0.520. The molecule has 0 spiro atoms. The van der Waals surface area contributed by atoms with Crippen LogP contribution in [0.25, 0.3) is 11.3 Å². The average molecular weight is 325 g/mol. The second kappa shape index (κ2) is 7.40. The summed E-state index contributed by atoms with van der Waals surface area (Å²) in [6, 6.07) is 7.14. The zero-order chi connectivity index (χ0) is 16.1. The van der Waals surface area contributed by atoms with Gasteiger partial charge in [0.25, 0.3) is 5.91 Å². The van der Waals surface area contributed by atoms with Gasteiger partial charge in [-0.3, -0.25) is 4.79 Å². The minimum absolute atomic E-state index is 0.207. The number of hydrogen-bond acceptors (Lipinski definition) is 5. The topological polar surface area (TPSA) is 73.6 Å². The molecule has 2 rings (SSSR count). The van der Waals surface area contributed by atoms with Crippen LogP contribution >= 0.6 is 11.6 Å². The van der Waals surface area contributed by atoms with Crippen molar-refractivity contribution in [3.05, 3.63) is 40.6 Å². The standard InChI is InChI=1S/C15H17ClN2O4/c1-9-13(15(19)17-8-12(20-2)21-3)14(18-22-9)10-6-4-5-7-11(10)16/h4-7,12H,8H2,1-3H3,(H,17,19). The number of carbonyl (C=O) groups is 1. The molecular formula is C15H17ClN2O4. The minimum Gasteiger partial charge on any atom is -0.360 e. The van der Waals surface area contributed by atoms with Crippen LogP contribution in [0.3, 0.4) is 0 Å². The Bertz CT molecular complexity index is 653. The number of halogens is 1. The Morgan fingerprint density at radius 3 is 2.68 bits per heavy atom. The van der Waals surface area contributed by atoms with Crippen LogP contribution in [0.15, 0.2) is 28.8 Å². The predicted octanol–water partition coefficient (Wildman–Crippen LogP) is 2.65. The molecule has 0 saturated heterocycles. The van der Waals surface area contributed by atoms with E-state index in [0.717, 1.165) is 0 Å². The highest BCUT2D eigenvalue weighted by atomic mass is 35.5. The number of amides is 1. The van der Waals surface area contributed by atoms with Gasteiger partial charge in [-0.25, -0.2) is 0 Å². The number of methoxy groups -OCH3 is 2. The molecule has 0 aliphatic rings. The van der Waals surface area contributed by atoms with Gasteiger partial charge >= 0.3 is 0 Å². The molecule has 2 aromatic rings. The summed E-state index contributed by atoms with van der Waals surface area (Å²) in [6.07, 6.45) is -0.520. The molecule has 0 fully saturated rings. The number of nitrogens with zero attached hydrogens (tertiary/aromatic N) is 1. The smallest absolute Gasteiger partial charge is 0.257 e. The summed E-state index contributed by atoms with van der Waals surface area (Å²) in [5.41, 5.74) is 1.40. The van der Waals surface area contributed by atoms with Crippen molar-refractivity contribution in [1.29, 1.82) is 0 Å². The van der Waals surface area contributed by atoms with Gasteiger partial charge in [0.2, 0.25) is 0 Å². The third-order valence-electron chi connectivity index (χ3n) is 3.17. The Labute approximate surface area is 133 Å². The highest BCUT2D eigenvalue weighted by Gasteiger charge is 2.23. The molecule has 6 nitrogen and oxygen atoms in total. The molecule has 1 amide bonds. The van der Waals surface area contributed by atoms with Crippen LogP contribution in [0.2, 0.25) is 5.02 Å². The molecule has 0 radical (unpaired) electrons. The van der Waals surface area contributed by atoms with Crippen molar-refractivity contribution in [3.63, 3.8) is 0 Å². The third-order valence-corrected chi connectivity index (χ3v) is 3.50. The van der Waals surface area contributed by atoms with Gasteiger partial charge < -0.3 is 19.3 Å². The lowest BCUT2D eigenvalue weighted by molar-refractivity contribution is -0.0974. The largest absolute Gasteiger partial charge is 0.360 e. The lowest BCUT2D eigenvalue weighted by atomic mass is 10.1. The van der Waals surface area contributed by atoms with Crippen LogP contribution in [-0.2, 0) is 9.47 Å². The molecular weight excluding hydrogens is 308 g/mol. The van der Waals surface area contributed by atoms with Gasteiger partial charge in [0, 0.05) is 19.8 Å². The van der Waals surface area contributed by atoms with E-state index in [1.54, 1.807) is 25.1 Å². The summed E-state index contributed by atoms with van der Waals surface area (Å²) >= 11 is 6.16. The summed E-state index contributed by atoms with van der Waals surface area (Å²) < 4.78 is 15.2. The van der Waals surface area contributed by atoms with Gasteiger partial charge in [0.1, 0.15) is 17.0 Å². The zero-order valence-corrected chi connectivity index (χ0v) is 13.3. The molecule has 0 saturated carbocycles. The zero-order valence-electron chi connectivity index (χ0n) is 12.6. The van der Waals surface area contributed by atoms with Crippen molar-refractivity contribution in [2.45, 2.75) is 13.2 Å². The number of aryl methyl sites for hydroxylation is 1. The maximum Gasteiger partial charge on any atom is 0.257 e. The Balaban J connectivity index is 2.27. The fraction of sp³-hybridized carbons (Fsp3) is 0.333. The van der Waals surface area contributed by atoms with Gasteiger partial charge in [-0.15, -0.1) is 0 Å². The fourth-order valence-electron chi connectivity index (χ4n) is 2.00. The Hall–Kier alpha value is -1.89. The molecule has 0 atom stereocenters. The average Bonchev–Trinajstić information content (AvgIpc) is 2.90. The highest BCUT2D eigenvalue weighted by Crippen LogP contribution is 2.30. The van der Waals surface area contributed by atoms with E-state index < -0.39 is 6.29 Å². The number of benzene rings is 1. The van der Waals surface area contributed by atoms with Crippen molar-refractivity contribution in [1.82, 2.24) is 10.5 Å². The number of rotatable bonds is 6. The van der Waals surface area contributed by atoms with E-state index in [9.17, 15) is 4.79 Å². The number of aromatic nitrogens is 1. The lowest BCUT2D eigenvalue weighted by Gasteiger charge is -2.14. The molecule has 1 aromatic carbocycles. The van der Waals surface area contributed by atoms with Gasteiger partial charge in [-0.1, -0.05) is 35.0 Å². The van der Waals surface area contributed by atoms with Gasteiger partial charge in [0.05, 0.1) is 11.6 Å². The maximum atomic E-state index is 12.4. The van der Waals surface area contributed by atoms with E-state index in [1.165, 1.54) is 14.2 Å². The second-order valence-electron chi connectivity index (χ2n) is 4.55. The summed E-state index contributed by atoms with van der Waals surface area (Å²) in [7, 11) is 3.00. The number of ether oxygens (including phenoxy) is 2. The van der Waals surface area contributed by atoms with Crippen LogP contribution in [-0.4, -0.2) is 38.1 Å². The van der Waals surface area contributed by atoms with E-state index in [1.807, 2.05) is 6.07 Å². The summed E-state index contributed by atoms with van der Waals surface area (Å²) in [6.45, 7) is 1.88. The SMILES string of the molecule is COC(CNC(=O)c1c(-c2ccccc2Cl)noc1C)OC. The van der Waals surface area contributed by atoms with Crippen LogP contribution < -0.4 is 5.32 Å². The molecule has 22 heavy (non-hydrogen) atoms. The summed E-state index contributed by atoms with van der Waals surface area (Å²) in [5, 5.41) is 7.17. The van der Waals surface area contributed by atoms with Crippen molar-refractivity contribution in [3.8, 4) is 11.3 Å². The quantitative estimate of drug-likeness (QED) is 0.827. The molecule has 118 valence electrons. The second-order valence-corrected chi connectivity index (χ2v) is 4.96. The number of carbonyl (C=O) groups excluding carboxylic acids is 1. The maximum absolute atomic E-state index is 12.4. The Morgan fingerprint density at radius 1 is 1.36 bits per heavy atom. The Kier molecular flexibility index (Phi) is 5.54. The first-order valence-electron chi connectivity index (χ1n) is 6.63. The van der Waals surface area contributed by atoms with Crippen LogP contribution in [0.1, 0.15) is 16.1 Å². The first kappa shape index (κ1) is 16.5. The predicted molar refractivity (Wildman–Crippen MR) is 81.8 cm³/mol.